The highest BCUT2D eigenvalue weighted by molar-refractivity contribution is 5.89. The number of ether oxygens (including phenoxy) is 1. The quantitative estimate of drug-likeness (QED) is 0.662. The number of urea groups is 1. The minimum absolute atomic E-state index is 0.0427. The van der Waals surface area contributed by atoms with Crippen molar-refractivity contribution in [1.29, 1.82) is 0 Å². The molecule has 5 nitrogen and oxygen atoms in total. The van der Waals surface area contributed by atoms with Gasteiger partial charge in [-0.1, -0.05) is 12.1 Å². The largest absolute Gasteiger partial charge is 0.385 e. The van der Waals surface area contributed by atoms with Crippen LogP contribution < -0.4 is 16.4 Å². The van der Waals surface area contributed by atoms with Gasteiger partial charge in [0.1, 0.15) is 0 Å². The fourth-order valence-corrected chi connectivity index (χ4v) is 1.65. The predicted molar refractivity (Wildman–Crippen MR) is 77.2 cm³/mol. The molecule has 4 N–H and O–H groups in total. The Morgan fingerprint density at radius 3 is 2.89 bits per heavy atom. The molecule has 1 unspecified atom stereocenters. The standard InChI is InChI=1S/C14H23N3O2/c1-11(15)12-6-5-7-13(10-12)17-14(18)16-8-3-4-9-19-2/h5-7,10-11H,3-4,8-9,15H2,1-2H3,(H2,16,17,18). The molecular weight excluding hydrogens is 242 g/mol. The number of amides is 2. The SMILES string of the molecule is COCCCCNC(=O)Nc1cccc(C(C)N)c1. The van der Waals surface area contributed by atoms with Crippen molar-refractivity contribution >= 4 is 11.7 Å². The second-order valence-corrected chi connectivity index (χ2v) is 4.49. The minimum atomic E-state index is -0.195. The van der Waals surface area contributed by atoms with Crippen LogP contribution >= 0.6 is 0 Å². The smallest absolute Gasteiger partial charge is 0.319 e. The summed E-state index contributed by atoms with van der Waals surface area (Å²) in [6.07, 6.45) is 1.85. The predicted octanol–water partition coefficient (Wildman–Crippen LogP) is 2.25. The highest BCUT2D eigenvalue weighted by Crippen LogP contribution is 2.15. The van der Waals surface area contributed by atoms with E-state index in [1.54, 1.807) is 7.11 Å². The molecule has 2 amide bonds. The first-order valence-corrected chi connectivity index (χ1v) is 6.53. The molecule has 1 rings (SSSR count). The number of benzene rings is 1. The normalized spacial score (nSPS) is 11.9. The number of rotatable bonds is 7. The number of hydrogen-bond acceptors (Lipinski definition) is 3. The molecule has 0 aliphatic carbocycles. The van der Waals surface area contributed by atoms with Crippen molar-refractivity contribution < 1.29 is 9.53 Å². The Labute approximate surface area is 114 Å². The Morgan fingerprint density at radius 2 is 2.21 bits per heavy atom. The molecule has 0 aliphatic heterocycles. The maximum atomic E-state index is 11.6. The third kappa shape index (κ3) is 6.22. The fourth-order valence-electron chi connectivity index (χ4n) is 1.65. The molecule has 0 spiro atoms. The van der Waals surface area contributed by atoms with Crippen LogP contribution in [0, 0.1) is 0 Å². The molecule has 0 saturated heterocycles. The lowest BCUT2D eigenvalue weighted by molar-refractivity contribution is 0.192. The zero-order valence-corrected chi connectivity index (χ0v) is 11.6. The Balaban J connectivity index is 2.33. The maximum Gasteiger partial charge on any atom is 0.319 e. The van der Waals surface area contributed by atoms with Gasteiger partial charge in [-0.15, -0.1) is 0 Å². The van der Waals surface area contributed by atoms with Crippen LogP contribution in [0.2, 0.25) is 0 Å². The number of methoxy groups -OCH3 is 1. The molecule has 5 heteroatoms. The van der Waals surface area contributed by atoms with Crippen LogP contribution in [0.4, 0.5) is 10.5 Å². The van der Waals surface area contributed by atoms with Gasteiger partial charge in [0.15, 0.2) is 0 Å². The van der Waals surface area contributed by atoms with E-state index in [9.17, 15) is 4.79 Å². The van der Waals surface area contributed by atoms with Crippen molar-refractivity contribution in [3.05, 3.63) is 29.8 Å². The molecule has 0 aromatic heterocycles. The van der Waals surface area contributed by atoms with Crippen molar-refractivity contribution in [3.63, 3.8) is 0 Å². The summed E-state index contributed by atoms with van der Waals surface area (Å²) in [5.74, 6) is 0. The first-order chi connectivity index (χ1) is 9.13. The van der Waals surface area contributed by atoms with E-state index >= 15 is 0 Å². The van der Waals surface area contributed by atoms with Gasteiger partial charge in [0.25, 0.3) is 0 Å². The molecule has 0 heterocycles. The molecule has 1 aromatic rings. The molecule has 1 aromatic carbocycles. The highest BCUT2D eigenvalue weighted by atomic mass is 16.5. The number of carbonyl (C=O) groups excluding carboxylic acids is 1. The van der Waals surface area contributed by atoms with E-state index < -0.39 is 0 Å². The summed E-state index contributed by atoms with van der Waals surface area (Å²) in [6, 6.07) is 7.31. The molecule has 19 heavy (non-hydrogen) atoms. The van der Waals surface area contributed by atoms with Gasteiger partial charge in [0, 0.05) is 32.0 Å². The van der Waals surface area contributed by atoms with E-state index in [0.29, 0.717) is 6.54 Å². The topological polar surface area (TPSA) is 76.4 Å². The summed E-state index contributed by atoms with van der Waals surface area (Å²) in [5, 5.41) is 5.59. The number of unbranched alkanes of at least 4 members (excludes halogenated alkanes) is 1. The van der Waals surface area contributed by atoms with Crippen LogP contribution in [0.1, 0.15) is 31.4 Å². The van der Waals surface area contributed by atoms with Crippen LogP contribution in [0.3, 0.4) is 0 Å². The number of anilines is 1. The van der Waals surface area contributed by atoms with E-state index in [0.717, 1.165) is 30.7 Å². The summed E-state index contributed by atoms with van der Waals surface area (Å²) in [4.78, 5) is 11.6. The lowest BCUT2D eigenvalue weighted by atomic mass is 10.1. The summed E-state index contributed by atoms with van der Waals surface area (Å²) < 4.78 is 4.94. The molecular formula is C14H23N3O2. The summed E-state index contributed by atoms with van der Waals surface area (Å²) in [5.41, 5.74) is 7.55. The second kappa shape index (κ2) is 8.50. The van der Waals surface area contributed by atoms with E-state index in [1.807, 2.05) is 31.2 Å². The van der Waals surface area contributed by atoms with Gasteiger partial charge in [-0.25, -0.2) is 4.79 Å². The fraction of sp³-hybridized carbons (Fsp3) is 0.500. The van der Waals surface area contributed by atoms with Crippen molar-refractivity contribution in [1.82, 2.24) is 5.32 Å². The number of hydrogen-bond donors (Lipinski definition) is 3. The van der Waals surface area contributed by atoms with Crippen LogP contribution in [0.5, 0.6) is 0 Å². The second-order valence-electron chi connectivity index (χ2n) is 4.49. The molecule has 0 radical (unpaired) electrons. The van der Waals surface area contributed by atoms with Crippen molar-refractivity contribution in [2.45, 2.75) is 25.8 Å². The van der Waals surface area contributed by atoms with Gasteiger partial charge in [-0.3, -0.25) is 0 Å². The van der Waals surface area contributed by atoms with Crippen molar-refractivity contribution in [2.24, 2.45) is 5.73 Å². The van der Waals surface area contributed by atoms with Crippen molar-refractivity contribution in [3.8, 4) is 0 Å². The van der Waals surface area contributed by atoms with Crippen LogP contribution in [-0.2, 0) is 4.74 Å². The highest BCUT2D eigenvalue weighted by Gasteiger charge is 2.03. The lowest BCUT2D eigenvalue weighted by Gasteiger charge is -2.10. The Hall–Kier alpha value is -1.59. The van der Waals surface area contributed by atoms with E-state index in [2.05, 4.69) is 10.6 Å². The van der Waals surface area contributed by atoms with E-state index in [4.69, 9.17) is 10.5 Å². The Bertz CT molecular complexity index is 394. The number of nitrogens with two attached hydrogens (primary N) is 1. The Morgan fingerprint density at radius 1 is 1.42 bits per heavy atom. The van der Waals surface area contributed by atoms with Crippen LogP contribution in [0.15, 0.2) is 24.3 Å². The molecule has 0 bridgehead atoms. The summed E-state index contributed by atoms with van der Waals surface area (Å²) in [7, 11) is 1.67. The molecule has 106 valence electrons. The average Bonchev–Trinajstić information content (AvgIpc) is 2.38. The van der Waals surface area contributed by atoms with E-state index in [-0.39, 0.29) is 12.1 Å². The van der Waals surface area contributed by atoms with Gasteiger partial charge in [0.05, 0.1) is 0 Å². The van der Waals surface area contributed by atoms with Gasteiger partial charge in [-0.05, 0) is 37.5 Å². The van der Waals surface area contributed by atoms with Crippen molar-refractivity contribution in [2.75, 3.05) is 25.6 Å². The van der Waals surface area contributed by atoms with Gasteiger partial charge >= 0.3 is 6.03 Å². The summed E-state index contributed by atoms with van der Waals surface area (Å²) in [6.45, 7) is 3.27. The third-order valence-corrected chi connectivity index (χ3v) is 2.73. The Kier molecular flexibility index (Phi) is 6.92. The third-order valence-electron chi connectivity index (χ3n) is 2.73. The average molecular weight is 265 g/mol. The molecule has 1 atom stereocenters. The minimum Gasteiger partial charge on any atom is -0.385 e. The van der Waals surface area contributed by atoms with Gasteiger partial charge in [0.2, 0.25) is 0 Å². The molecule has 0 fully saturated rings. The summed E-state index contributed by atoms with van der Waals surface area (Å²) >= 11 is 0. The maximum absolute atomic E-state index is 11.6. The zero-order valence-electron chi connectivity index (χ0n) is 11.6. The van der Waals surface area contributed by atoms with Crippen LogP contribution in [-0.4, -0.2) is 26.3 Å². The number of nitrogens with one attached hydrogen (secondary N) is 2. The monoisotopic (exact) mass is 265 g/mol. The number of carbonyl (C=O) groups is 1. The van der Waals surface area contributed by atoms with Crippen LogP contribution in [0.25, 0.3) is 0 Å². The molecule has 0 saturated carbocycles. The zero-order chi connectivity index (χ0) is 14.1. The van der Waals surface area contributed by atoms with E-state index in [1.165, 1.54) is 0 Å². The van der Waals surface area contributed by atoms with Gasteiger partial charge < -0.3 is 21.1 Å². The first-order valence-electron chi connectivity index (χ1n) is 6.53. The van der Waals surface area contributed by atoms with Gasteiger partial charge in [-0.2, -0.15) is 0 Å². The lowest BCUT2D eigenvalue weighted by Crippen LogP contribution is -2.29. The first kappa shape index (κ1) is 15.5. The molecule has 0 aliphatic rings.